The van der Waals surface area contributed by atoms with Gasteiger partial charge in [0.15, 0.2) is 0 Å². The zero-order chi connectivity index (χ0) is 13.9. The Morgan fingerprint density at radius 3 is 2.21 bits per heavy atom. The summed E-state index contributed by atoms with van der Waals surface area (Å²) in [5, 5.41) is 0. The molecule has 1 atom stereocenters. The Balaban J connectivity index is 2.50. The second-order valence-electron chi connectivity index (χ2n) is 4.28. The zero-order valence-corrected chi connectivity index (χ0v) is 13.4. The highest BCUT2D eigenvalue weighted by atomic mass is 33.1. The molecule has 0 N–H and O–H groups in total. The van der Waals surface area contributed by atoms with E-state index in [0.717, 1.165) is 16.9 Å². The van der Waals surface area contributed by atoms with Crippen molar-refractivity contribution in [3.05, 3.63) is 65.2 Å². The van der Waals surface area contributed by atoms with E-state index in [1.165, 1.54) is 16.4 Å². The van der Waals surface area contributed by atoms with Gasteiger partial charge in [-0.3, -0.25) is 0 Å². The van der Waals surface area contributed by atoms with Gasteiger partial charge >= 0.3 is 0 Å². The van der Waals surface area contributed by atoms with Crippen LogP contribution >= 0.6 is 35.1 Å². The van der Waals surface area contributed by atoms with Crippen LogP contribution < -0.4 is 4.74 Å². The maximum absolute atomic E-state index is 5.19. The monoisotopic (exact) mass is 308 g/mol. The summed E-state index contributed by atoms with van der Waals surface area (Å²) in [6.07, 6.45) is 0. The maximum atomic E-state index is 5.19. The fourth-order valence-corrected chi connectivity index (χ4v) is 3.61. The summed E-state index contributed by atoms with van der Waals surface area (Å²) in [6, 6.07) is 16.2. The molecule has 4 heteroatoms. The molecule has 0 aromatic heterocycles. The van der Waals surface area contributed by atoms with Crippen LogP contribution in [0.2, 0.25) is 0 Å². The van der Waals surface area contributed by atoms with E-state index in [9.17, 15) is 0 Å². The molecule has 0 spiro atoms. The van der Waals surface area contributed by atoms with E-state index in [1.54, 1.807) is 7.11 Å². The van der Waals surface area contributed by atoms with Crippen LogP contribution in [0.5, 0.6) is 5.75 Å². The molecule has 2 aromatic rings. The molecule has 1 nitrogen and oxygen atoms in total. The fourth-order valence-electron chi connectivity index (χ4n) is 2.03. The van der Waals surface area contributed by atoms with E-state index in [0.29, 0.717) is 0 Å². The smallest absolute Gasteiger partial charge is 0.119 e. The number of hydrogen-bond acceptors (Lipinski definition) is 4. The number of rotatable bonds is 4. The van der Waals surface area contributed by atoms with Crippen LogP contribution in [-0.4, -0.2) is 7.11 Å². The summed E-state index contributed by atoms with van der Waals surface area (Å²) < 4.78 is 4.72. The van der Waals surface area contributed by atoms with Gasteiger partial charge in [-0.1, -0.05) is 47.2 Å². The molecule has 0 heterocycles. The van der Waals surface area contributed by atoms with Gasteiger partial charge < -0.3 is 4.74 Å². The van der Waals surface area contributed by atoms with Crippen molar-refractivity contribution in [2.75, 3.05) is 7.11 Å². The Bertz CT molecular complexity index is 554. The van der Waals surface area contributed by atoms with Crippen molar-refractivity contribution >= 4 is 35.1 Å². The SMILES string of the molecule is COc1ccc(C(S)(SS)c2ccccc2C)cc1. The van der Waals surface area contributed by atoms with Gasteiger partial charge in [-0.2, -0.15) is 12.6 Å². The van der Waals surface area contributed by atoms with E-state index in [-0.39, 0.29) is 0 Å². The third-order valence-electron chi connectivity index (χ3n) is 3.12. The molecule has 0 fully saturated rings. The highest BCUT2D eigenvalue weighted by Crippen LogP contribution is 2.49. The van der Waals surface area contributed by atoms with Gasteiger partial charge in [-0.25, -0.2) is 0 Å². The van der Waals surface area contributed by atoms with Crippen LogP contribution in [0.15, 0.2) is 48.5 Å². The molecule has 0 saturated carbocycles. The summed E-state index contributed by atoms with van der Waals surface area (Å²) in [7, 11) is 3.09. The molecule has 0 bridgehead atoms. The lowest BCUT2D eigenvalue weighted by atomic mass is 9.99. The highest BCUT2D eigenvalue weighted by Gasteiger charge is 2.31. The third kappa shape index (κ3) is 2.91. The first-order valence-corrected chi connectivity index (χ1v) is 8.19. The Hall–Kier alpha value is -0.710. The van der Waals surface area contributed by atoms with Gasteiger partial charge in [0, 0.05) is 0 Å². The molecule has 0 amide bonds. The lowest BCUT2D eigenvalue weighted by Crippen LogP contribution is -2.16. The van der Waals surface area contributed by atoms with Crippen LogP contribution in [0, 0.1) is 6.92 Å². The maximum Gasteiger partial charge on any atom is 0.119 e. The molecule has 2 aromatic carbocycles. The van der Waals surface area contributed by atoms with Crippen molar-refractivity contribution in [1.29, 1.82) is 0 Å². The van der Waals surface area contributed by atoms with Crippen LogP contribution in [0.1, 0.15) is 16.7 Å². The lowest BCUT2D eigenvalue weighted by Gasteiger charge is -2.28. The lowest BCUT2D eigenvalue weighted by molar-refractivity contribution is 0.414. The quantitative estimate of drug-likeness (QED) is 0.481. The minimum Gasteiger partial charge on any atom is -0.497 e. The predicted octanol–water partition coefficient (Wildman–Crippen LogP) is 4.71. The van der Waals surface area contributed by atoms with Crippen molar-refractivity contribution in [3.8, 4) is 5.75 Å². The minimum atomic E-state index is -0.472. The molecule has 0 saturated heterocycles. The summed E-state index contributed by atoms with van der Waals surface area (Å²) in [4.78, 5) is 0. The number of thiol groups is 2. The summed E-state index contributed by atoms with van der Waals surface area (Å²) in [5.41, 5.74) is 3.45. The zero-order valence-electron chi connectivity index (χ0n) is 10.8. The van der Waals surface area contributed by atoms with E-state index in [2.05, 4.69) is 30.7 Å². The highest BCUT2D eigenvalue weighted by molar-refractivity contribution is 8.70. The Morgan fingerprint density at radius 2 is 1.68 bits per heavy atom. The van der Waals surface area contributed by atoms with Crippen molar-refractivity contribution < 1.29 is 4.74 Å². The Kier molecular flexibility index (Phi) is 4.76. The summed E-state index contributed by atoms with van der Waals surface area (Å²) in [6.45, 7) is 2.09. The Labute approximate surface area is 129 Å². The summed E-state index contributed by atoms with van der Waals surface area (Å²) >= 11 is 9.31. The van der Waals surface area contributed by atoms with Gasteiger partial charge in [0.25, 0.3) is 0 Å². The average molecular weight is 308 g/mol. The van der Waals surface area contributed by atoms with Crippen molar-refractivity contribution in [1.82, 2.24) is 0 Å². The molecule has 0 radical (unpaired) electrons. The summed E-state index contributed by atoms with van der Waals surface area (Å²) in [5.74, 6) is 0.841. The van der Waals surface area contributed by atoms with Crippen LogP contribution in [0.25, 0.3) is 0 Å². The van der Waals surface area contributed by atoms with Gasteiger partial charge in [-0.15, -0.1) is 11.7 Å². The molecule has 0 aliphatic carbocycles. The van der Waals surface area contributed by atoms with Crippen molar-refractivity contribution in [2.24, 2.45) is 0 Å². The fraction of sp³-hybridized carbons (Fsp3) is 0.200. The number of ether oxygens (including phenoxy) is 1. The molecular weight excluding hydrogens is 292 g/mol. The number of methoxy groups -OCH3 is 1. The standard InChI is InChI=1S/C15H16OS3/c1-11-5-3-4-6-14(11)15(17,19-18)12-7-9-13(16-2)10-8-12/h3-10,17-18H,1-2H3. The molecule has 0 aliphatic heterocycles. The van der Waals surface area contributed by atoms with Gasteiger partial charge in [0.05, 0.1) is 7.11 Å². The van der Waals surface area contributed by atoms with Gasteiger partial charge in [0.1, 0.15) is 9.83 Å². The van der Waals surface area contributed by atoms with Crippen LogP contribution in [0.4, 0.5) is 0 Å². The molecule has 0 aliphatic rings. The minimum absolute atomic E-state index is 0.472. The van der Waals surface area contributed by atoms with E-state index in [1.807, 2.05) is 36.4 Å². The third-order valence-corrected chi connectivity index (χ3v) is 5.87. The van der Waals surface area contributed by atoms with E-state index < -0.39 is 4.08 Å². The average Bonchev–Trinajstić information content (AvgIpc) is 2.47. The molecular formula is C15H16OS3. The first-order valence-electron chi connectivity index (χ1n) is 5.87. The van der Waals surface area contributed by atoms with Crippen molar-refractivity contribution in [3.63, 3.8) is 0 Å². The first kappa shape index (κ1) is 14.7. The number of hydrogen-bond donors (Lipinski definition) is 2. The van der Waals surface area contributed by atoms with E-state index >= 15 is 0 Å². The van der Waals surface area contributed by atoms with Crippen LogP contribution in [-0.2, 0) is 4.08 Å². The predicted molar refractivity (Wildman–Crippen MR) is 90.5 cm³/mol. The van der Waals surface area contributed by atoms with E-state index in [4.69, 9.17) is 17.4 Å². The largest absolute Gasteiger partial charge is 0.497 e. The molecule has 19 heavy (non-hydrogen) atoms. The molecule has 1 unspecified atom stereocenters. The molecule has 2 rings (SSSR count). The first-order chi connectivity index (χ1) is 9.11. The Morgan fingerprint density at radius 1 is 1.05 bits per heavy atom. The topological polar surface area (TPSA) is 9.23 Å². The molecule has 100 valence electrons. The van der Waals surface area contributed by atoms with Crippen molar-refractivity contribution in [2.45, 2.75) is 11.0 Å². The second kappa shape index (κ2) is 6.16. The number of aryl methyl sites for hydroxylation is 1. The number of benzene rings is 2. The second-order valence-corrected chi connectivity index (χ2v) is 6.59. The van der Waals surface area contributed by atoms with Gasteiger partial charge in [-0.05, 0) is 35.7 Å². The van der Waals surface area contributed by atoms with Crippen LogP contribution in [0.3, 0.4) is 0 Å². The normalized spacial score (nSPS) is 13.9. The van der Waals surface area contributed by atoms with Gasteiger partial charge in [0.2, 0.25) is 0 Å².